The lowest BCUT2D eigenvalue weighted by Crippen LogP contribution is -2.48. The number of benzene rings is 2. The molecule has 10 nitrogen and oxygen atoms in total. The molecule has 204 valence electrons. The number of anilines is 1. The topological polar surface area (TPSA) is 106 Å². The molecule has 10 heteroatoms. The summed E-state index contributed by atoms with van der Waals surface area (Å²) in [6, 6.07) is 16.0. The Kier molecular flexibility index (Phi) is 6.55. The summed E-state index contributed by atoms with van der Waals surface area (Å²) in [5.74, 6) is 0.503. The van der Waals surface area contributed by atoms with Crippen LogP contribution >= 0.6 is 0 Å². The van der Waals surface area contributed by atoms with Gasteiger partial charge in [0.1, 0.15) is 13.2 Å². The highest BCUT2D eigenvalue weighted by Crippen LogP contribution is 2.22. The quantitative estimate of drug-likeness (QED) is 0.345. The van der Waals surface area contributed by atoms with E-state index >= 15 is 0 Å². The maximum absolute atomic E-state index is 14.0. The predicted molar refractivity (Wildman–Crippen MR) is 154 cm³/mol. The molecule has 2 aromatic carbocycles. The minimum Gasteiger partial charge on any atom is -0.380 e. The molecule has 0 atom stereocenters. The van der Waals surface area contributed by atoms with E-state index in [0.717, 1.165) is 51.9 Å². The number of piperazine rings is 1. The van der Waals surface area contributed by atoms with E-state index in [0.29, 0.717) is 37.8 Å². The normalized spacial score (nSPS) is 14.3. The van der Waals surface area contributed by atoms with Crippen LogP contribution in [0.5, 0.6) is 0 Å². The van der Waals surface area contributed by atoms with Crippen molar-refractivity contribution >= 4 is 33.7 Å². The molecule has 0 radical (unpaired) electrons. The smallest absolute Gasteiger partial charge is 0.307 e. The largest absolute Gasteiger partial charge is 0.380 e. The molecule has 1 amide bonds. The second-order valence-electron chi connectivity index (χ2n) is 10.5. The third-order valence-corrected chi connectivity index (χ3v) is 7.86. The molecule has 3 aromatic heterocycles. The number of rotatable bonds is 5. The van der Waals surface area contributed by atoms with E-state index in [1.165, 1.54) is 6.33 Å². The third kappa shape index (κ3) is 4.50. The maximum Gasteiger partial charge on any atom is 0.307 e. The Morgan fingerprint density at radius 2 is 1.75 bits per heavy atom. The SMILES string of the molecule is CC(=O)N1CCN(Cn2c[n+](Cc3cc4cccc(C)c4c(=O)n3-c3ccccc3C)c3ncnc(N)c32)CC1. The zero-order valence-corrected chi connectivity index (χ0v) is 23.0. The van der Waals surface area contributed by atoms with E-state index in [9.17, 15) is 9.59 Å². The highest BCUT2D eigenvalue weighted by Gasteiger charge is 2.26. The van der Waals surface area contributed by atoms with Crippen molar-refractivity contribution in [3.63, 3.8) is 0 Å². The average Bonchev–Trinajstić information content (AvgIpc) is 3.27. The van der Waals surface area contributed by atoms with Crippen LogP contribution in [-0.4, -0.2) is 61.0 Å². The first kappa shape index (κ1) is 25.7. The lowest BCUT2D eigenvalue weighted by Gasteiger charge is -2.33. The predicted octanol–water partition coefficient (Wildman–Crippen LogP) is 2.39. The van der Waals surface area contributed by atoms with Crippen LogP contribution in [0, 0.1) is 13.8 Å². The van der Waals surface area contributed by atoms with Crippen LogP contribution in [0.1, 0.15) is 23.7 Å². The van der Waals surface area contributed by atoms with Crippen molar-refractivity contribution in [3.05, 3.63) is 88.4 Å². The van der Waals surface area contributed by atoms with Crippen molar-refractivity contribution in [1.29, 1.82) is 0 Å². The van der Waals surface area contributed by atoms with Crippen LogP contribution in [0.4, 0.5) is 5.82 Å². The number of nitrogen functional groups attached to an aromatic ring is 1. The van der Waals surface area contributed by atoms with Gasteiger partial charge in [0, 0.05) is 33.1 Å². The Morgan fingerprint density at radius 1 is 1.00 bits per heavy atom. The van der Waals surface area contributed by atoms with Gasteiger partial charge in [-0.25, -0.2) is 9.13 Å². The van der Waals surface area contributed by atoms with Crippen LogP contribution in [0.2, 0.25) is 0 Å². The lowest BCUT2D eigenvalue weighted by atomic mass is 10.1. The number of para-hydroxylation sites is 1. The molecule has 1 saturated heterocycles. The van der Waals surface area contributed by atoms with Gasteiger partial charge in [-0.2, -0.15) is 4.98 Å². The molecule has 6 rings (SSSR count). The second-order valence-corrected chi connectivity index (χ2v) is 10.5. The fourth-order valence-electron chi connectivity index (χ4n) is 5.75. The number of imidazole rings is 1. The summed E-state index contributed by atoms with van der Waals surface area (Å²) in [5.41, 5.74) is 11.4. The van der Waals surface area contributed by atoms with E-state index < -0.39 is 0 Å². The third-order valence-electron chi connectivity index (χ3n) is 7.86. The Hall–Kier alpha value is -4.57. The van der Waals surface area contributed by atoms with E-state index in [4.69, 9.17) is 5.73 Å². The molecular formula is C30H33N8O2+. The van der Waals surface area contributed by atoms with Gasteiger partial charge in [0.05, 0.1) is 16.8 Å². The lowest BCUT2D eigenvalue weighted by molar-refractivity contribution is -0.665. The molecule has 2 N–H and O–H groups in total. The fourth-order valence-corrected chi connectivity index (χ4v) is 5.75. The fraction of sp³-hybridized carbons (Fsp3) is 0.300. The second kappa shape index (κ2) is 10.2. The highest BCUT2D eigenvalue weighted by molar-refractivity contribution is 5.85. The molecular weight excluding hydrogens is 504 g/mol. The van der Waals surface area contributed by atoms with Crippen LogP contribution in [0.25, 0.3) is 27.6 Å². The zero-order valence-electron chi connectivity index (χ0n) is 23.0. The Morgan fingerprint density at radius 3 is 2.50 bits per heavy atom. The summed E-state index contributed by atoms with van der Waals surface area (Å²) < 4.78 is 5.92. The van der Waals surface area contributed by atoms with Crippen LogP contribution in [-0.2, 0) is 18.0 Å². The number of hydrogen-bond donors (Lipinski definition) is 1. The number of aromatic nitrogens is 5. The van der Waals surface area contributed by atoms with E-state index in [-0.39, 0.29) is 11.5 Å². The molecule has 1 aliphatic rings. The Labute approximate surface area is 231 Å². The van der Waals surface area contributed by atoms with Crippen molar-refractivity contribution in [1.82, 2.24) is 28.9 Å². The van der Waals surface area contributed by atoms with Gasteiger partial charge in [-0.15, -0.1) is 0 Å². The molecule has 0 saturated carbocycles. The first-order valence-corrected chi connectivity index (χ1v) is 13.5. The van der Waals surface area contributed by atoms with Crippen LogP contribution < -0.4 is 15.9 Å². The van der Waals surface area contributed by atoms with Crippen molar-refractivity contribution in [2.75, 3.05) is 31.9 Å². The molecule has 0 spiro atoms. The Balaban J connectivity index is 1.46. The van der Waals surface area contributed by atoms with Crippen LogP contribution in [0.15, 0.2) is 66.0 Å². The number of carbonyl (C=O) groups excluding carboxylic acids is 1. The number of hydrogen-bond acceptors (Lipinski definition) is 6. The summed E-state index contributed by atoms with van der Waals surface area (Å²) in [7, 11) is 0. The van der Waals surface area contributed by atoms with Crippen molar-refractivity contribution in [2.45, 2.75) is 34.0 Å². The summed E-state index contributed by atoms with van der Waals surface area (Å²) >= 11 is 0. The van der Waals surface area contributed by atoms with Gasteiger partial charge in [0.25, 0.3) is 5.56 Å². The van der Waals surface area contributed by atoms with Gasteiger partial charge < -0.3 is 10.6 Å². The molecule has 4 heterocycles. The van der Waals surface area contributed by atoms with E-state index in [1.54, 1.807) is 6.92 Å². The first-order valence-electron chi connectivity index (χ1n) is 13.5. The van der Waals surface area contributed by atoms with Gasteiger partial charge in [-0.3, -0.25) is 19.1 Å². The van der Waals surface area contributed by atoms with Crippen molar-refractivity contribution < 1.29 is 9.36 Å². The molecule has 0 bridgehead atoms. The van der Waals surface area contributed by atoms with E-state index in [1.807, 2.05) is 76.7 Å². The minimum absolute atomic E-state index is 0.0401. The molecule has 0 aliphatic carbocycles. The van der Waals surface area contributed by atoms with Crippen molar-refractivity contribution in [2.24, 2.45) is 0 Å². The molecule has 1 aliphatic heterocycles. The molecule has 0 unspecified atom stereocenters. The monoisotopic (exact) mass is 537 g/mol. The highest BCUT2D eigenvalue weighted by atomic mass is 16.2. The minimum atomic E-state index is -0.0401. The summed E-state index contributed by atoms with van der Waals surface area (Å²) in [6.45, 7) is 9.53. The summed E-state index contributed by atoms with van der Waals surface area (Å²) in [6.07, 6.45) is 3.47. The molecule has 1 fully saturated rings. The number of nitrogens with two attached hydrogens (primary N) is 1. The van der Waals surface area contributed by atoms with Gasteiger partial charge in [-0.05, 0) is 42.5 Å². The zero-order chi connectivity index (χ0) is 28.0. The van der Waals surface area contributed by atoms with Crippen molar-refractivity contribution in [3.8, 4) is 5.69 Å². The number of amides is 1. The molecule has 40 heavy (non-hydrogen) atoms. The van der Waals surface area contributed by atoms with Gasteiger partial charge >= 0.3 is 5.65 Å². The Bertz CT molecular complexity index is 1810. The van der Waals surface area contributed by atoms with E-state index in [2.05, 4.69) is 25.5 Å². The number of aryl methyl sites for hydroxylation is 2. The molecule has 5 aromatic rings. The summed E-state index contributed by atoms with van der Waals surface area (Å²) in [4.78, 5) is 38.8. The standard InChI is InChI=1S/C30H33N8O2/c1-20-7-4-5-10-25(20)38-24(15-23-9-6-8-21(2)26(23)30(38)40)16-36-19-37(27-28(31)32-17-33-29(27)36)18-34-11-13-35(14-12-34)22(3)39/h4-10,15,17,19H,11-14,16,18H2,1-3H3,(H2,31,32,33)/q+1. The number of nitrogens with zero attached hydrogens (tertiary/aromatic N) is 7. The van der Waals surface area contributed by atoms with Crippen LogP contribution in [0.3, 0.4) is 0 Å². The average molecular weight is 538 g/mol. The van der Waals surface area contributed by atoms with Gasteiger partial charge in [-0.1, -0.05) is 41.4 Å². The number of carbonyl (C=O) groups is 1. The first-order chi connectivity index (χ1) is 19.3. The maximum atomic E-state index is 14.0. The van der Waals surface area contributed by atoms with Gasteiger partial charge in [0.15, 0.2) is 18.5 Å². The number of pyridine rings is 1. The summed E-state index contributed by atoms with van der Waals surface area (Å²) in [5, 5.41) is 1.63. The number of fused-ring (bicyclic) bond motifs is 2. The van der Waals surface area contributed by atoms with Gasteiger partial charge in [0.2, 0.25) is 11.4 Å².